The van der Waals surface area contributed by atoms with Crippen LogP contribution in [-0.2, 0) is 6.54 Å². The van der Waals surface area contributed by atoms with Crippen LogP contribution in [-0.4, -0.2) is 13.3 Å². The van der Waals surface area contributed by atoms with Crippen molar-refractivity contribution in [1.82, 2.24) is 5.32 Å². The molecule has 0 bridgehead atoms. The van der Waals surface area contributed by atoms with Crippen LogP contribution in [0.4, 0.5) is 0 Å². The molecule has 0 aliphatic carbocycles. The maximum absolute atomic E-state index is 5.39. The number of fused-ring (bicyclic) bond motifs is 1. The highest BCUT2D eigenvalue weighted by molar-refractivity contribution is 9.10. The smallest absolute Gasteiger partial charge is 0.231 e. The molecule has 1 heterocycles. The summed E-state index contributed by atoms with van der Waals surface area (Å²) in [5.41, 5.74) is 1.50. The number of hydrogen-bond donors (Lipinski definition) is 1. The van der Waals surface area contributed by atoms with Crippen LogP contribution in [0.25, 0.3) is 0 Å². The summed E-state index contributed by atoms with van der Waals surface area (Å²) < 4.78 is 11.7. The lowest BCUT2D eigenvalue weighted by Gasteiger charge is -2.18. The van der Waals surface area contributed by atoms with Gasteiger partial charge in [0.05, 0.1) is 4.47 Å². The lowest BCUT2D eigenvalue weighted by molar-refractivity contribution is 0.173. The topological polar surface area (TPSA) is 30.5 Å². The van der Waals surface area contributed by atoms with Crippen molar-refractivity contribution in [3.05, 3.63) is 22.2 Å². The van der Waals surface area contributed by atoms with Crippen LogP contribution in [0.15, 0.2) is 16.6 Å². The van der Waals surface area contributed by atoms with E-state index in [-0.39, 0.29) is 0 Å². The minimum Gasteiger partial charge on any atom is -0.454 e. The van der Waals surface area contributed by atoms with Crippen molar-refractivity contribution in [2.24, 2.45) is 5.41 Å². The first kappa shape index (κ1) is 12.7. The zero-order chi connectivity index (χ0) is 12.5. The van der Waals surface area contributed by atoms with Crippen molar-refractivity contribution in [2.75, 3.05) is 13.3 Å². The summed E-state index contributed by atoms with van der Waals surface area (Å²) in [5.74, 6) is 1.64. The molecule has 0 fully saturated rings. The van der Waals surface area contributed by atoms with E-state index in [9.17, 15) is 0 Å². The van der Waals surface area contributed by atoms with Gasteiger partial charge in [0.1, 0.15) is 0 Å². The molecule has 1 aromatic rings. The first-order chi connectivity index (χ1) is 7.96. The van der Waals surface area contributed by atoms with Gasteiger partial charge in [-0.3, -0.25) is 0 Å². The molecule has 0 saturated carbocycles. The average molecular weight is 300 g/mol. The van der Waals surface area contributed by atoms with E-state index in [2.05, 4.69) is 48.1 Å². The van der Waals surface area contributed by atoms with Crippen molar-refractivity contribution in [3.63, 3.8) is 0 Å². The first-order valence-corrected chi connectivity index (χ1v) is 6.54. The van der Waals surface area contributed by atoms with Gasteiger partial charge in [-0.15, -0.1) is 0 Å². The molecular weight excluding hydrogens is 282 g/mol. The second kappa shape index (κ2) is 4.86. The zero-order valence-electron chi connectivity index (χ0n) is 10.5. The molecule has 0 spiro atoms. The van der Waals surface area contributed by atoms with E-state index in [0.29, 0.717) is 12.2 Å². The van der Waals surface area contributed by atoms with E-state index < -0.39 is 0 Å². The van der Waals surface area contributed by atoms with E-state index in [1.807, 2.05) is 6.07 Å². The molecule has 1 aromatic carbocycles. The van der Waals surface area contributed by atoms with Crippen LogP contribution in [0.5, 0.6) is 11.5 Å². The van der Waals surface area contributed by atoms with Gasteiger partial charge < -0.3 is 14.8 Å². The van der Waals surface area contributed by atoms with Gasteiger partial charge in [-0.1, -0.05) is 20.8 Å². The number of rotatable bonds is 3. The van der Waals surface area contributed by atoms with Gasteiger partial charge >= 0.3 is 0 Å². The number of benzene rings is 1. The summed E-state index contributed by atoms with van der Waals surface area (Å²) in [6, 6.07) is 4.10. The molecule has 2 rings (SSSR count). The van der Waals surface area contributed by atoms with Gasteiger partial charge in [0.2, 0.25) is 6.79 Å². The van der Waals surface area contributed by atoms with E-state index >= 15 is 0 Å². The van der Waals surface area contributed by atoms with Gasteiger partial charge in [0.25, 0.3) is 0 Å². The lowest BCUT2D eigenvalue weighted by Crippen LogP contribution is -2.26. The van der Waals surface area contributed by atoms with Gasteiger partial charge in [-0.05, 0) is 39.0 Å². The highest BCUT2D eigenvalue weighted by Crippen LogP contribution is 2.39. The Morgan fingerprint density at radius 2 is 2.06 bits per heavy atom. The Hall–Kier alpha value is -0.740. The predicted molar refractivity (Wildman–Crippen MR) is 71.4 cm³/mol. The molecule has 0 atom stereocenters. The first-order valence-electron chi connectivity index (χ1n) is 5.74. The van der Waals surface area contributed by atoms with Crippen molar-refractivity contribution >= 4 is 15.9 Å². The summed E-state index contributed by atoms with van der Waals surface area (Å²) in [6.07, 6.45) is 0. The van der Waals surface area contributed by atoms with Crippen LogP contribution in [0, 0.1) is 5.41 Å². The van der Waals surface area contributed by atoms with Crippen molar-refractivity contribution in [1.29, 1.82) is 0 Å². The summed E-state index contributed by atoms with van der Waals surface area (Å²) in [5, 5.41) is 3.44. The van der Waals surface area contributed by atoms with Gasteiger partial charge in [-0.25, -0.2) is 0 Å². The monoisotopic (exact) mass is 299 g/mol. The molecule has 17 heavy (non-hydrogen) atoms. The standard InChI is InChI=1S/C13H18BrNO2/c1-13(2,3)7-15-6-9-4-10(14)12-11(5-9)16-8-17-12/h4-5,15H,6-8H2,1-3H3. The van der Waals surface area contributed by atoms with Crippen LogP contribution in [0.1, 0.15) is 26.3 Å². The van der Waals surface area contributed by atoms with E-state index in [0.717, 1.165) is 29.1 Å². The SMILES string of the molecule is CC(C)(C)CNCc1cc(Br)c2c(c1)OCO2. The number of hydrogen-bond acceptors (Lipinski definition) is 3. The van der Waals surface area contributed by atoms with Crippen LogP contribution in [0.2, 0.25) is 0 Å². The zero-order valence-corrected chi connectivity index (χ0v) is 12.1. The Bertz CT molecular complexity index is 413. The fourth-order valence-electron chi connectivity index (χ4n) is 1.70. The highest BCUT2D eigenvalue weighted by Gasteiger charge is 2.18. The summed E-state index contributed by atoms with van der Waals surface area (Å²) in [7, 11) is 0. The maximum atomic E-state index is 5.39. The van der Waals surface area contributed by atoms with Crippen molar-refractivity contribution in [3.8, 4) is 11.5 Å². The number of halogens is 1. The molecule has 94 valence electrons. The normalized spacial score (nSPS) is 14.1. The minimum absolute atomic E-state index is 0.299. The van der Waals surface area contributed by atoms with E-state index in [1.54, 1.807) is 0 Å². The third-order valence-electron chi connectivity index (χ3n) is 2.47. The van der Waals surface area contributed by atoms with Crippen molar-refractivity contribution < 1.29 is 9.47 Å². The molecule has 0 saturated heterocycles. The minimum atomic E-state index is 0.299. The van der Waals surface area contributed by atoms with Gasteiger partial charge in [0, 0.05) is 13.1 Å². The summed E-state index contributed by atoms with van der Waals surface area (Å²) in [4.78, 5) is 0. The molecular formula is C13H18BrNO2. The quantitative estimate of drug-likeness (QED) is 0.929. The molecule has 0 unspecified atom stereocenters. The largest absolute Gasteiger partial charge is 0.454 e. The molecule has 1 N–H and O–H groups in total. The Morgan fingerprint density at radius 1 is 1.29 bits per heavy atom. The maximum Gasteiger partial charge on any atom is 0.231 e. The molecule has 1 aliphatic heterocycles. The number of nitrogens with one attached hydrogen (secondary N) is 1. The molecule has 0 aromatic heterocycles. The van der Waals surface area contributed by atoms with E-state index in [1.165, 1.54) is 5.56 Å². The Morgan fingerprint density at radius 3 is 2.76 bits per heavy atom. The lowest BCUT2D eigenvalue weighted by atomic mass is 9.97. The highest BCUT2D eigenvalue weighted by atomic mass is 79.9. The Labute approximate surface area is 111 Å². The van der Waals surface area contributed by atoms with Crippen LogP contribution >= 0.6 is 15.9 Å². The predicted octanol–water partition coefficient (Wildman–Crippen LogP) is 3.31. The fourth-order valence-corrected chi connectivity index (χ4v) is 2.31. The number of ether oxygens (including phenoxy) is 2. The molecule has 4 heteroatoms. The molecule has 1 aliphatic rings. The Kier molecular flexibility index (Phi) is 3.64. The molecule has 0 amide bonds. The van der Waals surface area contributed by atoms with E-state index in [4.69, 9.17) is 9.47 Å². The molecule has 3 nitrogen and oxygen atoms in total. The molecule has 0 radical (unpaired) electrons. The summed E-state index contributed by atoms with van der Waals surface area (Å²) in [6.45, 7) is 8.79. The Balaban J connectivity index is 2.00. The summed E-state index contributed by atoms with van der Waals surface area (Å²) >= 11 is 3.50. The van der Waals surface area contributed by atoms with Gasteiger partial charge in [-0.2, -0.15) is 0 Å². The second-order valence-electron chi connectivity index (χ2n) is 5.48. The second-order valence-corrected chi connectivity index (χ2v) is 6.33. The average Bonchev–Trinajstić information content (AvgIpc) is 2.64. The third-order valence-corrected chi connectivity index (χ3v) is 3.06. The fraction of sp³-hybridized carbons (Fsp3) is 0.538. The van der Waals surface area contributed by atoms with Crippen LogP contribution < -0.4 is 14.8 Å². The van der Waals surface area contributed by atoms with Gasteiger partial charge in [0.15, 0.2) is 11.5 Å². The van der Waals surface area contributed by atoms with Crippen LogP contribution in [0.3, 0.4) is 0 Å². The van der Waals surface area contributed by atoms with Crippen molar-refractivity contribution in [2.45, 2.75) is 27.3 Å². The third kappa shape index (κ3) is 3.36.